The van der Waals surface area contributed by atoms with Crippen molar-refractivity contribution in [2.75, 3.05) is 0 Å². The molecule has 0 amide bonds. The summed E-state index contributed by atoms with van der Waals surface area (Å²) in [5.74, 6) is 0. The molecule has 0 rings (SSSR count). The van der Waals surface area contributed by atoms with E-state index in [9.17, 15) is 0 Å². The van der Waals surface area contributed by atoms with E-state index < -0.39 is 23.1 Å². The largest absolute Gasteiger partial charge is 0 e. The first-order valence-corrected chi connectivity index (χ1v) is 5.26. The summed E-state index contributed by atoms with van der Waals surface area (Å²) in [4.78, 5) is 0. The summed E-state index contributed by atoms with van der Waals surface area (Å²) < 4.78 is 22.1. The van der Waals surface area contributed by atoms with Crippen LogP contribution in [0, 0.1) is 0 Å². The Morgan fingerprint density at radius 1 is 1.00 bits per heavy atom. The third-order valence-corrected chi connectivity index (χ3v) is 0. The number of hydrogen-bond acceptors (Lipinski definition) is 3. The molecule has 0 unspecified atom stereocenters. The average molecular weight is 497 g/mol. The van der Waals surface area contributed by atoms with Gasteiger partial charge in [-0.1, -0.05) is 0 Å². The molecule has 0 aliphatic heterocycles. The monoisotopic (exact) mass is 496 g/mol. The Bertz CT molecular complexity index is 15.5. The van der Waals surface area contributed by atoms with Gasteiger partial charge in [0.25, 0.3) is 0 Å². The van der Waals surface area contributed by atoms with Crippen LogP contribution in [0.3, 0.4) is 0 Å². The molecule has 0 atom stereocenters. The molecule has 3 N–H and O–H groups in total. The van der Waals surface area contributed by atoms with Crippen molar-refractivity contribution in [2.24, 2.45) is 0 Å². The quantitative estimate of drug-likeness (QED) is 0.318. The predicted molar refractivity (Wildman–Crippen MR) is 23.9 cm³/mol. The van der Waals surface area contributed by atoms with Gasteiger partial charge in [0, 0.05) is 50.3 Å². The Kier molecular flexibility index (Phi) is 27.5. The summed E-state index contributed by atoms with van der Waals surface area (Å²) >= 11 is -3.59. The Labute approximate surface area is 81.5 Å². The minimum absolute atomic E-state index is 0. The minimum Gasteiger partial charge on any atom is 0 e. The zero-order chi connectivity index (χ0) is 3.58. The second kappa shape index (κ2) is 10.4. The van der Waals surface area contributed by atoms with Gasteiger partial charge < -0.3 is 0 Å². The fourth-order valence-electron chi connectivity index (χ4n) is 0. The summed E-state index contributed by atoms with van der Waals surface area (Å²) in [5.41, 5.74) is 0. The van der Waals surface area contributed by atoms with Gasteiger partial charge in [0.1, 0.15) is 0 Å². The first-order chi connectivity index (χ1) is 1.73. The Balaban J connectivity index is -0.0000000450. The zero-order valence-corrected chi connectivity index (χ0v) is 12.1. The van der Waals surface area contributed by atoms with Crippen molar-refractivity contribution in [1.29, 1.82) is 0 Å². The molecule has 6 radical (unpaired) electrons. The molecular weight excluding hydrogens is 494 g/mol. The van der Waals surface area contributed by atoms with E-state index in [0.717, 1.165) is 0 Å². The van der Waals surface area contributed by atoms with Crippen LogP contribution in [0.2, 0.25) is 0 Å². The third kappa shape index (κ3) is 31.9. The molecule has 0 spiro atoms. The van der Waals surface area contributed by atoms with Crippen molar-refractivity contribution in [1.82, 2.24) is 0 Å². The van der Waals surface area contributed by atoms with E-state index >= 15 is 0 Å². The molecule has 0 saturated carbocycles. The van der Waals surface area contributed by atoms with Crippen molar-refractivity contribution < 1.29 is 9.55 Å². The summed E-state index contributed by atoms with van der Waals surface area (Å²) in [6.07, 6.45) is 0. The van der Waals surface area contributed by atoms with Crippen molar-refractivity contribution in [2.45, 2.75) is 0 Å². The maximum Gasteiger partial charge on any atom is 0 e. The molecule has 0 bridgehead atoms. The van der Waals surface area contributed by atoms with E-state index in [1.54, 1.807) is 0 Å². The summed E-state index contributed by atoms with van der Waals surface area (Å²) in [7, 11) is 0. The third-order valence-electron chi connectivity index (χ3n) is 0. The number of rotatable bonds is 0. The Morgan fingerprint density at radius 2 is 1.00 bits per heavy atom. The molecule has 0 aliphatic carbocycles. The minimum atomic E-state index is -3.59. The van der Waals surface area contributed by atoms with E-state index in [4.69, 9.17) is 9.55 Å². The Morgan fingerprint density at radius 3 is 1.00 bits per heavy atom. The molecule has 0 saturated heterocycles. The molecule has 0 heterocycles. The van der Waals surface area contributed by atoms with Gasteiger partial charge in [-0.25, -0.2) is 0 Å². The second-order valence-corrected chi connectivity index (χ2v) is 2.35. The van der Waals surface area contributed by atoms with E-state index in [1.165, 1.54) is 0 Å². The van der Waals surface area contributed by atoms with E-state index in [0.29, 0.717) is 0 Å². The normalized spacial score (nSPS) is 6.00. The molecule has 0 aliphatic rings. The van der Waals surface area contributed by atoms with Crippen LogP contribution < -0.4 is 0 Å². The van der Waals surface area contributed by atoms with Gasteiger partial charge in [-0.05, 0) is 0 Å². The van der Waals surface area contributed by atoms with Crippen LogP contribution >= 0.6 is 0 Å². The Hall–Kier alpha value is 2.45. The van der Waals surface area contributed by atoms with E-state index in [1.807, 2.05) is 0 Å². The first kappa shape index (κ1) is 15.8. The van der Waals surface area contributed by atoms with Gasteiger partial charge in [0.2, 0.25) is 0 Å². The van der Waals surface area contributed by atoms with Gasteiger partial charge in [0.15, 0.2) is 0 Å². The van der Waals surface area contributed by atoms with Gasteiger partial charge in [-0.3, -0.25) is 0 Å². The molecule has 6 heavy (non-hydrogen) atoms. The SMILES string of the molecule is [In].[OH][Bi]([OH])[OH].[Sb]. The van der Waals surface area contributed by atoms with Crippen LogP contribution in [0.5, 0.6) is 0 Å². The van der Waals surface area contributed by atoms with Crippen LogP contribution in [-0.4, -0.2) is 82.9 Å². The molecule has 34 valence electrons. The van der Waals surface area contributed by atoms with Gasteiger partial charge >= 0.3 is 32.6 Å². The standard InChI is InChI=1S/Bi.In.3H2O.Sb/h;;3*1H2;/q+3;;;;;/p-3. The molecule has 6 heteroatoms. The fourth-order valence-corrected chi connectivity index (χ4v) is 0. The second-order valence-electron chi connectivity index (χ2n) is 0.268. The topological polar surface area (TPSA) is 60.7 Å². The van der Waals surface area contributed by atoms with Gasteiger partial charge in [0.05, 0.1) is 0 Å². The maximum atomic E-state index is 7.37. The van der Waals surface area contributed by atoms with Crippen LogP contribution in [0.4, 0.5) is 0 Å². The van der Waals surface area contributed by atoms with Gasteiger partial charge in [-0.2, -0.15) is 0 Å². The fraction of sp³-hybridized carbons (Fsp3) is 0. The first-order valence-electron chi connectivity index (χ1n) is 0.600. The van der Waals surface area contributed by atoms with Gasteiger partial charge in [-0.15, -0.1) is 0 Å². The molecule has 0 aromatic carbocycles. The van der Waals surface area contributed by atoms with E-state index in [-0.39, 0.29) is 50.3 Å². The summed E-state index contributed by atoms with van der Waals surface area (Å²) in [6, 6.07) is 0. The zero-order valence-electron chi connectivity index (χ0n) is 2.81. The summed E-state index contributed by atoms with van der Waals surface area (Å²) in [6.45, 7) is 0. The van der Waals surface area contributed by atoms with Crippen molar-refractivity contribution in [3.63, 3.8) is 0 Å². The molecule has 0 fully saturated rings. The average Bonchev–Trinajstić information content (AvgIpc) is 0.811. The maximum absolute atomic E-state index is 7.37. The van der Waals surface area contributed by atoms with E-state index in [2.05, 4.69) is 0 Å². The molecule has 3 nitrogen and oxygen atoms in total. The van der Waals surface area contributed by atoms with Crippen LogP contribution in [0.15, 0.2) is 0 Å². The van der Waals surface area contributed by atoms with Crippen molar-refractivity contribution in [3.8, 4) is 0 Å². The van der Waals surface area contributed by atoms with Crippen LogP contribution in [-0.2, 0) is 0 Å². The van der Waals surface area contributed by atoms with Crippen LogP contribution in [0.1, 0.15) is 0 Å². The van der Waals surface area contributed by atoms with Crippen molar-refractivity contribution in [3.05, 3.63) is 0 Å². The molecule has 0 aromatic heterocycles. The summed E-state index contributed by atoms with van der Waals surface area (Å²) in [5, 5.41) is 0. The van der Waals surface area contributed by atoms with Crippen LogP contribution in [0.25, 0.3) is 0 Å². The molecule has 0 aromatic rings. The predicted octanol–water partition coefficient (Wildman–Crippen LogP) is -2.81. The smallest absolute Gasteiger partial charge is 0 e. The van der Waals surface area contributed by atoms with Crippen molar-refractivity contribution >= 4 is 73.3 Å². The number of hydrogen-bond donors (Lipinski definition) is 3. The molecular formula is H3BiInO3Sb.